The first-order valence-corrected chi connectivity index (χ1v) is 5.79. The number of halogens is 1. The molecule has 0 saturated heterocycles. The van der Waals surface area contributed by atoms with Crippen LogP contribution in [0.25, 0.3) is 11.0 Å². The van der Waals surface area contributed by atoms with E-state index in [9.17, 15) is 9.18 Å². The van der Waals surface area contributed by atoms with Crippen molar-refractivity contribution in [2.24, 2.45) is 0 Å². The second-order valence-electron chi connectivity index (χ2n) is 3.79. The molecule has 0 aliphatic rings. The quantitative estimate of drug-likeness (QED) is 0.789. The van der Waals surface area contributed by atoms with E-state index < -0.39 is 11.8 Å². The predicted octanol–water partition coefficient (Wildman–Crippen LogP) is 1.88. The monoisotopic (exact) mass is 264 g/mol. The molecule has 19 heavy (non-hydrogen) atoms. The molecule has 0 bridgehead atoms. The fourth-order valence-electron chi connectivity index (χ4n) is 1.68. The van der Waals surface area contributed by atoms with Gasteiger partial charge < -0.3 is 9.47 Å². The lowest BCUT2D eigenvalue weighted by atomic mass is 10.2. The fourth-order valence-corrected chi connectivity index (χ4v) is 1.68. The summed E-state index contributed by atoms with van der Waals surface area (Å²) in [6.07, 6.45) is -0.0591. The number of carbonyl (C=O) groups excluding carboxylic acids is 1. The zero-order valence-corrected chi connectivity index (χ0v) is 10.6. The van der Waals surface area contributed by atoms with Crippen LogP contribution in [0, 0.1) is 5.82 Å². The van der Waals surface area contributed by atoms with Gasteiger partial charge in [-0.2, -0.15) is 0 Å². The molecule has 0 atom stereocenters. The van der Waals surface area contributed by atoms with Crippen molar-refractivity contribution in [2.75, 3.05) is 13.7 Å². The minimum atomic E-state index is -0.425. The van der Waals surface area contributed by atoms with Crippen LogP contribution in [0.15, 0.2) is 18.2 Å². The van der Waals surface area contributed by atoms with Crippen molar-refractivity contribution in [2.45, 2.75) is 13.3 Å². The SMILES string of the molecule is CCOC(=O)Cc1nc2cc(F)ccc2nc1OC. The number of rotatable bonds is 4. The van der Waals surface area contributed by atoms with E-state index in [2.05, 4.69) is 9.97 Å². The van der Waals surface area contributed by atoms with Crippen LogP contribution in [0.2, 0.25) is 0 Å². The van der Waals surface area contributed by atoms with Crippen LogP contribution in [0.1, 0.15) is 12.6 Å². The zero-order valence-electron chi connectivity index (χ0n) is 10.6. The van der Waals surface area contributed by atoms with Gasteiger partial charge in [0.1, 0.15) is 11.5 Å². The summed E-state index contributed by atoms with van der Waals surface area (Å²) < 4.78 is 23.1. The van der Waals surface area contributed by atoms with Crippen LogP contribution >= 0.6 is 0 Å². The highest BCUT2D eigenvalue weighted by Gasteiger charge is 2.14. The van der Waals surface area contributed by atoms with E-state index in [0.29, 0.717) is 16.7 Å². The molecule has 1 aromatic heterocycles. The van der Waals surface area contributed by atoms with E-state index in [0.717, 1.165) is 0 Å². The third-order valence-electron chi connectivity index (χ3n) is 2.47. The maximum atomic E-state index is 13.1. The molecule has 2 aromatic rings. The van der Waals surface area contributed by atoms with Crippen LogP contribution in [0.5, 0.6) is 5.88 Å². The molecule has 0 amide bonds. The summed E-state index contributed by atoms with van der Waals surface area (Å²) in [6.45, 7) is 2.01. The van der Waals surface area contributed by atoms with E-state index in [1.54, 1.807) is 6.92 Å². The Balaban J connectivity index is 2.43. The van der Waals surface area contributed by atoms with Crippen LogP contribution in [0.4, 0.5) is 4.39 Å². The Kier molecular flexibility index (Phi) is 3.89. The van der Waals surface area contributed by atoms with Gasteiger partial charge in [0.25, 0.3) is 0 Å². The number of aromatic nitrogens is 2. The number of carbonyl (C=O) groups is 1. The number of methoxy groups -OCH3 is 1. The third-order valence-corrected chi connectivity index (χ3v) is 2.47. The maximum absolute atomic E-state index is 13.1. The molecule has 0 aliphatic carbocycles. The molecule has 0 radical (unpaired) electrons. The van der Waals surface area contributed by atoms with Crippen molar-refractivity contribution in [3.8, 4) is 5.88 Å². The number of hydrogen-bond donors (Lipinski definition) is 0. The van der Waals surface area contributed by atoms with Crippen molar-refractivity contribution in [3.05, 3.63) is 29.7 Å². The molecule has 0 spiro atoms. The molecule has 1 heterocycles. The Bertz CT molecular complexity index is 616. The highest BCUT2D eigenvalue weighted by molar-refractivity contribution is 5.77. The van der Waals surface area contributed by atoms with Crippen LogP contribution < -0.4 is 4.74 Å². The Morgan fingerprint density at radius 3 is 2.79 bits per heavy atom. The number of esters is 1. The first-order chi connectivity index (χ1) is 9.13. The van der Waals surface area contributed by atoms with E-state index in [-0.39, 0.29) is 18.9 Å². The molecule has 0 N–H and O–H groups in total. The molecule has 1 aromatic carbocycles. The second-order valence-corrected chi connectivity index (χ2v) is 3.79. The molecule has 2 rings (SSSR count). The smallest absolute Gasteiger partial charge is 0.312 e. The van der Waals surface area contributed by atoms with Crippen LogP contribution in [0.3, 0.4) is 0 Å². The Morgan fingerprint density at radius 2 is 2.11 bits per heavy atom. The topological polar surface area (TPSA) is 61.3 Å². The summed E-state index contributed by atoms with van der Waals surface area (Å²) >= 11 is 0. The first kappa shape index (κ1) is 13.2. The average molecular weight is 264 g/mol. The van der Waals surface area contributed by atoms with Gasteiger partial charge in [0, 0.05) is 6.07 Å². The van der Waals surface area contributed by atoms with Crippen LogP contribution in [-0.4, -0.2) is 29.7 Å². The summed E-state index contributed by atoms with van der Waals surface area (Å²) in [5, 5.41) is 0. The highest BCUT2D eigenvalue weighted by Crippen LogP contribution is 2.20. The van der Waals surface area contributed by atoms with E-state index in [1.165, 1.54) is 25.3 Å². The van der Waals surface area contributed by atoms with Crippen molar-refractivity contribution in [1.29, 1.82) is 0 Å². The summed E-state index contributed by atoms with van der Waals surface area (Å²) in [7, 11) is 1.44. The normalized spacial score (nSPS) is 10.5. The van der Waals surface area contributed by atoms with Crippen LogP contribution in [-0.2, 0) is 16.0 Å². The minimum absolute atomic E-state index is 0.0591. The highest BCUT2D eigenvalue weighted by atomic mass is 19.1. The van der Waals surface area contributed by atoms with E-state index >= 15 is 0 Å². The number of nitrogens with zero attached hydrogens (tertiary/aromatic N) is 2. The number of hydrogen-bond acceptors (Lipinski definition) is 5. The largest absolute Gasteiger partial charge is 0.480 e. The van der Waals surface area contributed by atoms with Gasteiger partial charge in [0.2, 0.25) is 5.88 Å². The van der Waals surface area contributed by atoms with Crippen molar-refractivity contribution < 1.29 is 18.7 Å². The maximum Gasteiger partial charge on any atom is 0.312 e. The van der Waals surface area contributed by atoms with Crippen molar-refractivity contribution in [3.63, 3.8) is 0 Å². The van der Waals surface area contributed by atoms with E-state index in [1.807, 2.05) is 0 Å². The van der Waals surface area contributed by atoms with Gasteiger partial charge in [0.05, 0.1) is 31.2 Å². The lowest BCUT2D eigenvalue weighted by Crippen LogP contribution is -2.11. The standard InChI is InChI=1S/C13H13FN2O3/c1-3-19-12(17)7-11-13(18-2)16-9-5-4-8(14)6-10(9)15-11/h4-6H,3,7H2,1-2H3. The molecule has 6 heteroatoms. The van der Waals surface area contributed by atoms with Gasteiger partial charge in [-0.3, -0.25) is 4.79 Å². The van der Waals surface area contributed by atoms with Gasteiger partial charge >= 0.3 is 5.97 Å². The minimum Gasteiger partial charge on any atom is -0.480 e. The van der Waals surface area contributed by atoms with Gasteiger partial charge in [-0.25, -0.2) is 14.4 Å². The lowest BCUT2D eigenvalue weighted by molar-refractivity contribution is -0.142. The third kappa shape index (κ3) is 2.96. The summed E-state index contributed by atoms with van der Waals surface area (Å²) in [5.41, 5.74) is 1.21. The molecule has 0 unspecified atom stereocenters. The summed E-state index contributed by atoms with van der Waals surface area (Å²) in [6, 6.07) is 4.06. The molecular formula is C13H13FN2O3. The molecule has 0 saturated carbocycles. The fraction of sp³-hybridized carbons (Fsp3) is 0.308. The molecular weight excluding hydrogens is 251 g/mol. The summed E-state index contributed by atoms with van der Waals surface area (Å²) in [5.74, 6) is -0.591. The van der Waals surface area contributed by atoms with Crippen molar-refractivity contribution >= 4 is 17.0 Å². The van der Waals surface area contributed by atoms with Gasteiger partial charge in [-0.05, 0) is 19.1 Å². The summed E-state index contributed by atoms with van der Waals surface area (Å²) in [4.78, 5) is 19.9. The molecule has 100 valence electrons. The Morgan fingerprint density at radius 1 is 1.32 bits per heavy atom. The van der Waals surface area contributed by atoms with Crippen molar-refractivity contribution in [1.82, 2.24) is 9.97 Å². The lowest BCUT2D eigenvalue weighted by Gasteiger charge is -2.08. The predicted molar refractivity (Wildman–Crippen MR) is 66.4 cm³/mol. The average Bonchev–Trinajstić information content (AvgIpc) is 2.38. The van der Waals surface area contributed by atoms with E-state index in [4.69, 9.17) is 9.47 Å². The van der Waals surface area contributed by atoms with Gasteiger partial charge in [0.15, 0.2) is 0 Å². The molecule has 5 nitrogen and oxygen atoms in total. The molecule has 0 aliphatic heterocycles. The van der Waals surface area contributed by atoms with Gasteiger partial charge in [-0.15, -0.1) is 0 Å². The number of benzene rings is 1. The number of fused-ring (bicyclic) bond motifs is 1. The Labute approximate surface area is 109 Å². The first-order valence-electron chi connectivity index (χ1n) is 5.79. The van der Waals surface area contributed by atoms with Gasteiger partial charge in [-0.1, -0.05) is 0 Å². The molecule has 0 fully saturated rings. The number of ether oxygens (including phenoxy) is 2. The Hall–Kier alpha value is -2.24. The second kappa shape index (κ2) is 5.60. The zero-order chi connectivity index (χ0) is 13.8.